The molecule has 0 amide bonds. The molecule has 0 fully saturated rings. The van der Waals surface area contributed by atoms with E-state index in [2.05, 4.69) is 9.97 Å². The minimum Gasteiger partial charge on any atom is -0.494 e. The van der Waals surface area contributed by atoms with E-state index in [9.17, 15) is 4.79 Å². The lowest BCUT2D eigenvalue weighted by molar-refractivity contribution is 0.340. The number of aryl methyl sites for hydroxylation is 2. The third-order valence-corrected chi connectivity index (χ3v) is 3.23. The van der Waals surface area contributed by atoms with Crippen LogP contribution in [0.3, 0.4) is 0 Å². The van der Waals surface area contributed by atoms with Gasteiger partial charge in [0.25, 0.3) is 5.56 Å². The Labute approximate surface area is 117 Å². The van der Waals surface area contributed by atoms with Gasteiger partial charge in [-0.05, 0) is 44.0 Å². The van der Waals surface area contributed by atoms with Gasteiger partial charge in [0.15, 0.2) is 0 Å². The molecule has 5 heteroatoms. The number of aromatic nitrogens is 2. The molecule has 5 nitrogen and oxygen atoms in total. The van der Waals surface area contributed by atoms with E-state index in [0.717, 1.165) is 16.9 Å². The SMILES string of the molecule is CCOc1ccc(Cc2c(C)nc(N)[nH]c2=O)c(C)c1. The third kappa shape index (κ3) is 2.99. The van der Waals surface area contributed by atoms with Gasteiger partial charge < -0.3 is 10.5 Å². The summed E-state index contributed by atoms with van der Waals surface area (Å²) in [7, 11) is 0. The molecule has 2 aromatic rings. The van der Waals surface area contributed by atoms with Crippen LogP contribution in [-0.4, -0.2) is 16.6 Å². The van der Waals surface area contributed by atoms with Gasteiger partial charge in [-0.15, -0.1) is 0 Å². The Morgan fingerprint density at radius 2 is 2.10 bits per heavy atom. The zero-order chi connectivity index (χ0) is 14.7. The van der Waals surface area contributed by atoms with Crippen LogP contribution in [-0.2, 0) is 6.42 Å². The number of anilines is 1. The van der Waals surface area contributed by atoms with Gasteiger partial charge in [0.1, 0.15) is 5.75 Å². The van der Waals surface area contributed by atoms with E-state index in [-0.39, 0.29) is 11.5 Å². The van der Waals surface area contributed by atoms with E-state index in [1.54, 1.807) is 6.92 Å². The summed E-state index contributed by atoms with van der Waals surface area (Å²) < 4.78 is 5.46. The Balaban J connectivity index is 2.33. The zero-order valence-electron chi connectivity index (χ0n) is 12.0. The van der Waals surface area contributed by atoms with Gasteiger partial charge in [-0.2, -0.15) is 0 Å². The number of hydrogen-bond donors (Lipinski definition) is 2. The first-order valence-electron chi connectivity index (χ1n) is 6.59. The molecular weight excluding hydrogens is 254 g/mol. The maximum Gasteiger partial charge on any atom is 0.256 e. The number of nitrogen functional groups attached to an aromatic ring is 1. The summed E-state index contributed by atoms with van der Waals surface area (Å²) in [4.78, 5) is 18.6. The number of nitrogens with zero attached hydrogens (tertiary/aromatic N) is 1. The normalized spacial score (nSPS) is 10.6. The van der Waals surface area contributed by atoms with Gasteiger partial charge >= 0.3 is 0 Å². The first-order valence-corrected chi connectivity index (χ1v) is 6.59. The molecule has 0 aliphatic rings. The fraction of sp³-hybridized carbons (Fsp3) is 0.333. The van der Waals surface area contributed by atoms with E-state index < -0.39 is 0 Å². The summed E-state index contributed by atoms with van der Waals surface area (Å²) in [6.45, 7) is 6.39. The average molecular weight is 273 g/mol. The van der Waals surface area contributed by atoms with Crippen molar-refractivity contribution in [2.24, 2.45) is 0 Å². The number of hydrogen-bond acceptors (Lipinski definition) is 4. The lowest BCUT2D eigenvalue weighted by Crippen LogP contribution is -2.19. The quantitative estimate of drug-likeness (QED) is 0.892. The van der Waals surface area contributed by atoms with Crippen molar-refractivity contribution in [1.82, 2.24) is 9.97 Å². The summed E-state index contributed by atoms with van der Waals surface area (Å²) in [6.07, 6.45) is 0.534. The van der Waals surface area contributed by atoms with Crippen LogP contribution < -0.4 is 16.0 Å². The van der Waals surface area contributed by atoms with Crippen LogP contribution >= 0.6 is 0 Å². The van der Waals surface area contributed by atoms with Crippen molar-refractivity contribution in [3.05, 3.63) is 50.9 Å². The van der Waals surface area contributed by atoms with Crippen LogP contribution in [0.2, 0.25) is 0 Å². The average Bonchev–Trinajstić information content (AvgIpc) is 2.36. The number of nitrogens with two attached hydrogens (primary N) is 1. The molecule has 0 saturated carbocycles. The van der Waals surface area contributed by atoms with Crippen molar-refractivity contribution in [1.29, 1.82) is 0 Å². The molecule has 0 bridgehead atoms. The predicted octanol–water partition coefficient (Wildman–Crippen LogP) is 1.96. The lowest BCUT2D eigenvalue weighted by Gasteiger charge is -2.10. The molecule has 0 spiro atoms. The predicted molar refractivity (Wildman–Crippen MR) is 79.2 cm³/mol. The highest BCUT2D eigenvalue weighted by Crippen LogP contribution is 2.19. The fourth-order valence-electron chi connectivity index (χ4n) is 2.15. The van der Waals surface area contributed by atoms with E-state index in [4.69, 9.17) is 10.5 Å². The smallest absolute Gasteiger partial charge is 0.256 e. The first-order chi connectivity index (χ1) is 9.51. The highest BCUT2D eigenvalue weighted by molar-refractivity contribution is 5.38. The van der Waals surface area contributed by atoms with Gasteiger partial charge in [0, 0.05) is 12.0 Å². The van der Waals surface area contributed by atoms with Crippen molar-refractivity contribution >= 4 is 5.95 Å². The highest BCUT2D eigenvalue weighted by atomic mass is 16.5. The molecule has 0 aliphatic carbocycles. The second kappa shape index (κ2) is 5.77. The van der Waals surface area contributed by atoms with Gasteiger partial charge in [-0.25, -0.2) is 4.98 Å². The Bertz CT molecular complexity index is 677. The number of nitrogens with one attached hydrogen (secondary N) is 1. The van der Waals surface area contributed by atoms with E-state index in [0.29, 0.717) is 24.3 Å². The van der Waals surface area contributed by atoms with Gasteiger partial charge in [-0.1, -0.05) is 6.07 Å². The van der Waals surface area contributed by atoms with Crippen LogP contribution in [0.25, 0.3) is 0 Å². The third-order valence-electron chi connectivity index (χ3n) is 3.23. The van der Waals surface area contributed by atoms with Crippen LogP contribution in [0.4, 0.5) is 5.95 Å². The second-order valence-electron chi connectivity index (χ2n) is 4.71. The number of ether oxygens (including phenoxy) is 1. The lowest BCUT2D eigenvalue weighted by atomic mass is 10.0. The molecule has 0 aliphatic heterocycles. The molecular formula is C15H19N3O2. The van der Waals surface area contributed by atoms with Crippen molar-refractivity contribution in [3.8, 4) is 5.75 Å². The second-order valence-corrected chi connectivity index (χ2v) is 4.71. The molecule has 0 radical (unpaired) electrons. The maximum atomic E-state index is 11.9. The molecule has 2 rings (SSSR count). The molecule has 0 unspecified atom stereocenters. The van der Waals surface area contributed by atoms with Gasteiger partial charge in [0.2, 0.25) is 5.95 Å². The fourth-order valence-corrected chi connectivity index (χ4v) is 2.15. The first kappa shape index (κ1) is 14.1. The van der Waals surface area contributed by atoms with Gasteiger partial charge in [0.05, 0.1) is 12.3 Å². The Kier molecular flexibility index (Phi) is 4.08. The summed E-state index contributed by atoms with van der Waals surface area (Å²) in [5.74, 6) is 0.995. The molecule has 1 heterocycles. The molecule has 1 aromatic carbocycles. The van der Waals surface area contributed by atoms with Gasteiger partial charge in [-0.3, -0.25) is 9.78 Å². The number of aromatic amines is 1. The van der Waals surface area contributed by atoms with E-state index >= 15 is 0 Å². The maximum absolute atomic E-state index is 11.9. The molecule has 20 heavy (non-hydrogen) atoms. The van der Waals surface area contributed by atoms with Crippen molar-refractivity contribution < 1.29 is 4.74 Å². The van der Waals surface area contributed by atoms with Crippen LogP contribution in [0.5, 0.6) is 5.75 Å². The Morgan fingerprint density at radius 3 is 2.70 bits per heavy atom. The number of rotatable bonds is 4. The van der Waals surface area contributed by atoms with E-state index in [1.807, 2.05) is 32.0 Å². The zero-order valence-corrected chi connectivity index (χ0v) is 12.0. The summed E-state index contributed by atoms with van der Waals surface area (Å²) >= 11 is 0. The molecule has 0 atom stereocenters. The monoisotopic (exact) mass is 273 g/mol. The molecule has 3 N–H and O–H groups in total. The van der Waals surface area contributed by atoms with Crippen molar-refractivity contribution in [2.45, 2.75) is 27.2 Å². The largest absolute Gasteiger partial charge is 0.494 e. The summed E-state index contributed by atoms with van der Waals surface area (Å²) in [6, 6.07) is 5.88. The Hall–Kier alpha value is -2.30. The minimum atomic E-state index is -0.178. The topological polar surface area (TPSA) is 81.0 Å². The molecule has 1 aromatic heterocycles. The van der Waals surface area contributed by atoms with Crippen molar-refractivity contribution in [3.63, 3.8) is 0 Å². The molecule has 0 saturated heterocycles. The number of benzene rings is 1. The van der Waals surface area contributed by atoms with Crippen LogP contribution in [0, 0.1) is 13.8 Å². The number of H-pyrrole nitrogens is 1. The van der Waals surface area contributed by atoms with E-state index in [1.165, 1.54) is 0 Å². The van der Waals surface area contributed by atoms with Crippen LogP contribution in [0.1, 0.15) is 29.3 Å². The molecule has 106 valence electrons. The minimum absolute atomic E-state index is 0.152. The summed E-state index contributed by atoms with van der Waals surface area (Å²) in [5, 5.41) is 0. The summed E-state index contributed by atoms with van der Waals surface area (Å²) in [5.41, 5.74) is 8.82. The van der Waals surface area contributed by atoms with Crippen molar-refractivity contribution in [2.75, 3.05) is 12.3 Å². The van der Waals surface area contributed by atoms with Crippen LogP contribution in [0.15, 0.2) is 23.0 Å². The standard InChI is InChI=1S/C15H19N3O2/c1-4-20-12-6-5-11(9(2)7-12)8-13-10(3)17-15(16)18-14(13)19/h5-7H,4,8H2,1-3H3,(H3,16,17,18,19). The Morgan fingerprint density at radius 1 is 1.35 bits per heavy atom. The highest BCUT2D eigenvalue weighted by Gasteiger charge is 2.10.